The molecule has 4 aromatic rings. The van der Waals surface area contributed by atoms with Gasteiger partial charge in [-0.05, 0) is 42.8 Å². The first-order valence-electron chi connectivity index (χ1n) is 8.37. The molecule has 28 heavy (non-hydrogen) atoms. The number of nitrogens with zero attached hydrogens (tertiary/aromatic N) is 2. The van der Waals surface area contributed by atoms with Gasteiger partial charge in [0.2, 0.25) is 0 Å². The van der Waals surface area contributed by atoms with Crippen LogP contribution in [0, 0.1) is 18.6 Å². The summed E-state index contributed by atoms with van der Waals surface area (Å²) < 4.78 is 56.4. The molecule has 2 heterocycles. The molecule has 0 fully saturated rings. The minimum atomic E-state index is -4.40. The van der Waals surface area contributed by atoms with Crippen molar-refractivity contribution in [3.8, 4) is 11.3 Å². The lowest BCUT2D eigenvalue weighted by molar-refractivity contribution is 0.521. The number of hydrogen-bond donors (Lipinski definition) is 1. The summed E-state index contributed by atoms with van der Waals surface area (Å²) in [6.07, 6.45) is 3.76. The summed E-state index contributed by atoms with van der Waals surface area (Å²) in [4.78, 5) is 3.58. The monoisotopic (exact) mass is 399 g/mol. The van der Waals surface area contributed by atoms with E-state index in [4.69, 9.17) is 0 Å². The average Bonchev–Trinajstić information content (AvgIpc) is 3.07. The molecule has 0 aliphatic carbocycles. The van der Waals surface area contributed by atoms with E-state index in [2.05, 4.69) is 9.71 Å². The SMILES string of the molecule is Cc1cccn2cc(-c3ccc(NS(=O)(=O)c4c(F)cccc4F)cc3)nc12. The Hall–Kier alpha value is -3.26. The van der Waals surface area contributed by atoms with E-state index in [1.165, 1.54) is 12.1 Å². The zero-order chi connectivity index (χ0) is 19.9. The lowest BCUT2D eigenvalue weighted by Gasteiger charge is -2.10. The lowest BCUT2D eigenvalue weighted by atomic mass is 10.1. The van der Waals surface area contributed by atoms with E-state index in [-0.39, 0.29) is 5.69 Å². The normalized spacial score (nSPS) is 11.7. The van der Waals surface area contributed by atoms with E-state index in [1.807, 2.05) is 35.9 Å². The summed E-state index contributed by atoms with van der Waals surface area (Å²) in [5, 5.41) is 0. The molecule has 0 radical (unpaired) electrons. The zero-order valence-corrected chi connectivity index (χ0v) is 15.5. The van der Waals surface area contributed by atoms with Crippen LogP contribution in [-0.2, 0) is 10.0 Å². The molecule has 0 saturated heterocycles. The second-order valence-corrected chi connectivity index (χ2v) is 7.90. The molecule has 2 aromatic carbocycles. The first-order chi connectivity index (χ1) is 13.3. The summed E-state index contributed by atoms with van der Waals surface area (Å²) in [6.45, 7) is 1.96. The smallest absolute Gasteiger partial charge is 0.267 e. The number of aromatic nitrogens is 2. The van der Waals surface area contributed by atoms with Gasteiger partial charge in [0.05, 0.1) is 5.69 Å². The fourth-order valence-electron chi connectivity index (χ4n) is 2.95. The van der Waals surface area contributed by atoms with Crippen LogP contribution in [0.25, 0.3) is 16.9 Å². The van der Waals surface area contributed by atoms with Crippen LogP contribution in [-0.4, -0.2) is 17.8 Å². The van der Waals surface area contributed by atoms with Gasteiger partial charge >= 0.3 is 0 Å². The Morgan fingerprint density at radius 2 is 1.64 bits per heavy atom. The second-order valence-electron chi connectivity index (χ2n) is 6.28. The first kappa shape index (κ1) is 18.1. The quantitative estimate of drug-likeness (QED) is 0.554. The predicted molar refractivity (Wildman–Crippen MR) is 103 cm³/mol. The molecule has 0 aliphatic heterocycles. The molecule has 4 rings (SSSR count). The van der Waals surface area contributed by atoms with E-state index >= 15 is 0 Å². The van der Waals surface area contributed by atoms with Crippen LogP contribution in [0.4, 0.5) is 14.5 Å². The van der Waals surface area contributed by atoms with Gasteiger partial charge in [0.15, 0.2) is 4.90 Å². The van der Waals surface area contributed by atoms with Crippen LogP contribution in [0.3, 0.4) is 0 Å². The fraction of sp³-hybridized carbons (Fsp3) is 0.0500. The number of pyridine rings is 1. The molecule has 0 bridgehead atoms. The van der Waals surface area contributed by atoms with Gasteiger partial charge in [-0.15, -0.1) is 0 Å². The molecular formula is C20H15F2N3O2S. The van der Waals surface area contributed by atoms with Gasteiger partial charge in [-0.2, -0.15) is 0 Å². The number of sulfonamides is 1. The molecule has 8 heteroatoms. The van der Waals surface area contributed by atoms with E-state index < -0.39 is 26.6 Å². The summed E-state index contributed by atoms with van der Waals surface area (Å²) in [7, 11) is -4.40. The third kappa shape index (κ3) is 3.22. The summed E-state index contributed by atoms with van der Waals surface area (Å²) in [6, 6.07) is 13.2. The minimum Gasteiger partial charge on any atom is -0.306 e. The van der Waals surface area contributed by atoms with Crippen LogP contribution in [0.1, 0.15) is 5.56 Å². The van der Waals surface area contributed by atoms with Gasteiger partial charge in [-0.25, -0.2) is 22.2 Å². The highest BCUT2D eigenvalue weighted by Gasteiger charge is 2.23. The van der Waals surface area contributed by atoms with Crippen molar-refractivity contribution in [2.75, 3.05) is 4.72 Å². The molecule has 0 spiro atoms. The second kappa shape index (κ2) is 6.72. The van der Waals surface area contributed by atoms with Crippen molar-refractivity contribution in [3.63, 3.8) is 0 Å². The van der Waals surface area contributed by atoms with Gasteiger partial charge in [-0.1, -0.05) is 24.3 Å². The summed E-state index contributed by atoms with van der Waals surface area (Å²) in [5.74, 6) is -2.30. The Kier molecular flexibility index (Phi) is 4.35. The van der Waals surface area contributed by atoms with Gasteiger partial charge in [0.1, 0.15) is 17.3 Å². The summed E-state index contributed by atoms with van der Waals surface area (Å²) in [5.41, 5.74) is 3.56. The topological polar surface area (TPSA) is 63.5 Å². The minimum absolute atomic E-state index is 0.186. The molecular weight excluding hydrogens is 384 g/mol. The highest BCUT2D eigenvalue weighted by Crippen LogP contribution is 2.25. The third-order valence-electron chi connectivity index (χ3n) is 4.30. The highest BCUT2D eigenvalue weighted by atomic mass is 32.2. The lowest BCUT2D eigenvalue weighted by Crippen LogP contribution is -2.16. The number of rotatable bonds is 4. The van der Waals surface area contributed by atoms with E-state index in [1.54, 1.807) is 12.1 Å². The van der Waals surface area contributed by atoms with Crippen LogP contribution in [0.2, 0.25) is 0 Å². The van der Waals surface area contributed by atoms with Gasteiger partial charge in [0.25, 0.3) is 10.0 Å². The van der Waals surface area contributed by atoms with Crippen molar-refractivity contribution in [1.29, 1.82) is 0 Å². The Balaban J connectivity index is 1.63. The molecule has 5 nitrogen and oxygen atoms in total. The Morgan fingerprint density at radius 3 is 2.29 bits per heavy atom. The van der Waals surface area contributed by atoms with Gasteiger partial charge in [0, 0.05) is 23.6 Å². The van der Waals surface area contributed by atoms with E-state index in [9.17, 15) is 17.2 Å². The van der Waals surface area contributed by atoms with Crippen LogP contribution < -0.4 is 4.72 Å². The van der Waals surface area contributed by atoms with Crippen molar-refractivity contribution in [3.05, 3.63) is 84.2 Å². The van der Waals surface area contributed by atoms with E-state index in [0.717, 1.165) is 40.7 Å². The number of imidazole rings is 1. The number of nitrogens with one attached hydrogen (secondary N) is 1. The molecule has 142 valence electrons. The number of hydrogen-bond acceptors (Lipinski definition) is 3. The standard InChI is InChI=1S/C20H15F2N3O2S/c1-13-4-3-11-25-12-18(23-20(13)25)14-7-9-15(10-8-14)24-28(26,27)19-16(21)5-2-6-17(19)22/h2-12,24H,1H3. The van der Waals surface area contributed by atoms with Crippen molar-refractivity contribution < 1.29 is 17.2 Å². The molecule has 0 saturated carbocycles. The number of halogens is 2. The average molecular weight is 399 g/mol. The van der Waals surface area contributed by atoms with Crippen molar-refractivity contribution in [2.24, 2.45) is 0 Å². The Bertz CT molecular complexity index is 1260. The van der Waals surface area contributed by atoms with Crippen LogP contribution in [0.5, 0.6) is 0 Å². The highest BCUT2D eigenvalue weighted by molar-refractivity contribution is 7.92. The van der Waals surface area contributed by atoms with Crippen molar-refractivity contribution in [1.82, 2.24) is 9.38 Å². The molecule has 2 aromatic heterocycles. The number of aryl methyl sites for hydroxylation is 1. The molecule has 1 N–H and O–H groups in total. The maximum Gasteiger partial charge on any atom is 0.267 e. The van der Waals surface area contributed by atoms with Crippen molar-refractivity contribution >= 4 is 21.4 Å². The Labute approximate surface area is 160 Å². The zero-order valence-electron chi connectivity index (χ0n) is 14.7. The largest absolute Gasteiger partial charge is 0.306 e. The predicted octanol–water partition coefficient (Wildman–Crippen LogP) is 4.39. The molecule has 0 atom stereocenters. The fourth-order valence-corrected chi connectivity index (χ4v) is 4.15. The first-order valence-corrected chi connectivity index (χ1v) is 9.85. The van der Waals surface area contributed by atoms with E-state index in [0.29, 0.717) is 0 Å². The Morgan fingerprint density at radius 1 is 0.964 bits per heavy atom. The number of anilines is 1. The maximum atomic E-state index is 13.8. The third-order valence-corrected chi connectivity index (χ3v) is 5.73. The van der Waals surface area contributed by atoms with Crippen LogP contribution in [0.15, 0.2) is 71.9 Å². The molecule has 0 unspecified atom stereocenters. The summed E-state index contributed by atoms with van der Waals surface area (Å²) >= 11 is 0. The maximum absolute atomic E-state index is 13.8. The van der Waals surface area contributed by atoms with Gasteiger partial charge in [-0.3, -0.25) is 4.72 Å². The van der Waals surface area contributed by atoms with Crippen LogP contribution >= 0.6 is 0 Å². The van der Waals surface area contributed by atoms with Gasteiger partial charge < -0.3 is 4.40 Å². The van der Waals surface area contributed by atoms with Crippen molar-refractivity contribution in [2.45, 2.75) is 11.8 Å². The molecule has 0 amide bonds. The number of fused-ring (bicyclic) bond motifs is 1. The molecule has 0 aliphatic rings. The number of benzene rings is 2.